The molecule has 0 saturated heterocycles. The monoisotopic (exact) mass is 584 g/mol. The highest BCUT2D eigenvalue weighted by Crippen LogP contribution is 2.36. The Morgan fingerprint density at radius 1 is 0.738 bits per heavy atom. The van der Waals surface area contributed by atoms with E-state index in [0.717, 1.165) is 18.4 Å². The highest BCUT2D eigenvalue weighted by Gasteiger charge is 2.39. The van der Waals surface area contributed by atoms with Gasteiger partial charge in [-0.15, -0.1) is 0 Å². The van der Waals surface area contributed by atoms with Gasteiger partial charge in [0.05, 0.1) is 6.10 Å². The van der Waals surface area contributed by atoms with Crippen LogP contribution in [0.3, 0.4) is 0 Å². The van der Waals surface area contributed by atoms with Gasteiger partial charge in [-0.1, -0.05) is 80.0 Å². The molecule has 4 aliphatic carbocycles. The van der Waals surface area contributed by atoms with E-state index in [4.69, 9.17) is 0 Å². The first kappa shape index (κ1) is 37.6. The van der Waals surface area contributed by atoms with Crippen LogP contribution >= 0.6 is 0 Å². The topological polar surface area (TPSA) is 106 Å². The number of ketones is 5. The van der Waals surface area contributed by atoms with Gasteiger partial charge in [-0.3, -0.25) is 24.0 Å². The Labute approximate surface area is 254 Å². The molecular formula is C36H56O6. The summed E-state index contributed by atoms with van der Waals surface area (Å²) in [5.74, 6) is 1.48. The van der Waals surface area contributed by atoms with Crippen molar-refractivity contribution in [3.05, 3.63) is 35.5 Å². The van der Waals surface area contributed by atoms with Crippen molar-refractivity contribution in [3.8, 4) is 0 Å². The Bertz CT molecular complexity index is 1140. The van der Waals surface area contributed by atoms with Crippen molar-refractivity contribution in [2.24, 2.45) is 33.5 Å². The predicted molar refractivity (Wildman–Crippen MR) is 169 cm³/mol. The van der Waals surface area contributed by atoms with E-state index in [0.29, 0.717) is 42.3 Å². The van der Waals surface area contributed by atoms with Crippen LogP contribution in [0.15, 0.2) is 35.5 Å². The Hall–Kier alpha value is -2.47. The minimum Gasteiger partial charge on any atom is -0.393 e. The minimum atomic E-state index is -0.476. The molecule has 0 aromatic carbocycles. The fraction of sp³-hybridized carbons (Fsp3) is 0.694. The lowest BCUT2D eigenvalue weighted by molar-refractivity contribution is -0.137. The lowest BCUT2D eigenvalue weighted by atomic mass is 9.70. The fourth-order valence-corrected chi connectivity index (χ4v) is 6.23. The Morgan fingerprint density at radius 2 is 1.29 bits per heavy atom. The van der Waals surface area contributed by atoms with Crippen LogP contribution in [-0.4, -0.2) is 40.1 Å². The Kier molecular flexibility index (Phi) is 12.8. The lowest BCUT2D eigenvalue weighted by Crippen LogP contribution is -2.40. The van der Waals surface area contributed by atoms with Gasteiger partial charge in [-0.05, 0) is 70.6 Å². The summed E-state index contributed by atoms with van der Waals surface area (Å²) in [5.41, 5.74) is 0.350. The number of aliphatic hydroxyl groups is 1. The van der Waals surface area contributed by atoms with Crippen LogP contribution in [-0.2, 0) is 24.0 Å². The van der Waals surface area contributed by atoms with Crippen molar-refractivity contribution in [1.29, 1.82) is 0 Å². The summed E-state index contributed by atoms with van der Waals surface area (Å²) in [5, 5.41) is 9.38. The summed E-state index contributed by atoms with van der Waals surface area (Å²) in [6, 6.07) is 0. The van der Waals surface area contributed by atoms with E-state index in [1.54, 1.807) is 6.92 Å². The number of aliphatic hydroxyl groups excluding tert-OH is 1. The molecule has 0 aromatic heterocycles. The first-order chi connectivity index (χ1) is 18.9. The second-order valence-electron chi connectivity index (χ2n) is 15.2. The summed E-state index contributed by atoms with van der Waals surface area (Å²) in [7, 11) is 0. The molecule has 3 unspecified atom stereocenters. The second-order valence-corrected chi connectivity index (χ2v) is 15.2. The number of Topliss-reactive ketones (excluding diaryl/α,β-unsaturated/α-hetero) is 4. The van der Waals surface area contributed by atoms with Crippen LogP contribution in [0.1, 0.15) is 122 Å². The molecule has 0 aromatic rings. The molecule has 0 radical (unpaired) electrons. The molecule has 4 aliphatic rings. The summed E-state index contributed by atoms with van der Waals surface area (Å²) < 4.78 is 0. The number of hydrogen-bond acceptors (Lipinski definition) is 6. The maximum absolute atomic E-state index is 11.5. The molecule has 2 fully saturated rings. The zero-order valence-electron chi connectivity index (χ0n) is 28.3. The predicted octanol–water partition coefficient (Wildman–Crippen LogP) is 7.37. The normalized spacial score (nSPS) is 29.0. The van der Waals surface area contributed by atoms with Crippen LogP contribution in [0.2, 0.25) is 0 Å². The van der Waals surface area contributed by atoms with Crippen LogP contribution in [0.4, 0.5) is 0 Å². The smallest absolute Gasteiger partial charge is 0.167 e. The van der Waals surface area contributed by atoms with E-state index in [2.05, 4.69) is 13.8 Å². The summed E-state index contributed by atoms with van der Waals surface area (Å²) in [4.78, 5) is 56.6. The number of allylic oxidation sites excluding steroid dienone is 6. The van der Waals surface area contributed by atoms with E-state index in [1.807, 2.05) is 80.5 Å². The third-order valence-electron chi connectivity index (χ3n) is 8.81. The first-order valence-corrected chi connectivity index (χ1v) is 15.4. The minimum absolute atomic E-state index is 0.0301. The van der Waals surface area contributed by atoms with Crippen molar-refractivity contribution >= 4 is 28.9 Å². The molecule has 0 spiro atoms. The van der Waals surface area contributed by atoms with E-state index < -0.39 is 5.41 Å². The van der Waals surface area contributed by atoms with Gasteiger partial charge in [0, 0.05) is 39.9 Å². The van der Waals surface area contributed by atoms with E-state index in [9.17, 15) is 29.1 Å². The molecule has 0 heterocycles. The zero-order valence-corrected chi connectivity index (χ0v) is 28.3. The average Bonchev–Trinajstić information content (AvgIpc) is 2.83. The Balaban J connectivity index is 0.000000280. The standard InChI is InChI=1S/C9H16O2.C9H12O2.C9H16O.C9H12O/c2*1-6-4-7(10)5-9(2,3)8(6)11;2*1-7-5-4-6-9(2,3)8(7)10/h6-7,10H,4-5H2,1-3H3;4H,5H2,1-3H3;7H,4-6H2,1-3H3;4-6H,1-3H3. The van der Waals surface area contributed by atoms with Gasteiger partial charge in [0.2, 0.25) is 0 Å². The molecular weight excluding hydrogens is 528 g/mol. The number of carbonyl (C=O) groups is 5. The molecule has 1 N–H and O–H groups in total. The quantitative estimate of drug-likeness (QED) is 0.319. The van der Waals surface area contributed by atoms with Crippen molar-refractivity contribution in [2.75, 3.05) is 0 Å². The second kappa shape index (κ2) is 14.3. The van der Waals surface area contributed by atoms with Crippen molar-refractivity contribution < 1.29 is 29.1 Å². The lowest BCUT2D eigenvalue weighted by Gasteiger charge is -2.34. The van der Waals surface area contributed by atoms with Gasteiger partial charge in [-0.2, -0.15) is 0 Å². The van der Waals surface area contributed by atoms with Crippen LogP contribution in [0.5, 0.6) is 0 Å². The highest BCUT2D eigenvalue weighted by molar-refractivity contribution is 6.10. The molecule has 4 rings (SSSR count). The van der Waals surface area contributed by atoms with Crippen molar-refractivity contribution in [1.82, 2.24) is 0 Å². The number of hydrogen-bond donors (Lipinski definition) is 1. The van der Waals surface area contributed by atoms with Gasteiger partial charge >= 0.3 is 0 Å². The molecule has 42 heavy (non-hydrogen) atoms. The van der Waals surface area contributed by atoms with Crippen LogP contribution in [0, 0.1) is 33.5 Å². The van der Waals surface area contributed by atoms with Crippen LogP contribution < -0.4 is 0 Å². The van der Waals surface area contributed by atoms with E-state index in [-0.39, 0.29) is 45.6 Å². The molecule has 2 saturated carbocycles. The third-order valence-corrected chi connectivity index (χ3v) is 8.81. The zero-order chi connectivity index (χ0) is 32.8. The molecule has 236 valence electrons. The van der Waals surface area contributed by atoms with Crippen molar-refractivity contribution in [3.63, 3.8) is 0 Å². The van der Waals surface area contributed by atoms with E-state index >= 15 is 0 Å². The van der Waals surface area contributed by atoms with Gasteiger partial charge in [0.1, 0.15) is 11.6 Å². The Morgan fingerprint density at radius 3 is 1.71 bits per heavy atom. The van der Waals surface area contributed by atoms with Gasteiger partial charge in [0.25, 0.3) is 0 Å². The molecule has 0 bridgehead atoms. The van der Waals surface area contributed by atoms with Gasteiger partial charge in [-0.25, -0.2) is 0 Å². The molecule has 0 amide bonds. The highest BCUT2D eigenvalue weighted by atomic mass is 16.3. The van der Waals surface area contributed by atoms with Gasteiger partial charge < -0.3 is 5.11 Å². The summed E-state index contributed by atoms with van der Waals surface area (Å²) in [6.45, 7) is 22.9. The third kappa shape index (κ3) is 10.4. The summed E-state index contributed by atoms with van der Waals surface area (Å²) in [6.07, 6.45) is 11.9. The summed E-state index contributed by atoms with van der Waals surface area (Å²) >= 11 is 0. The molecule has 6 nitrogen and oxygen atoms in total. The first-order valence-electron chi connectivity index (χ1n) is 15.4. The maximum Gasteiger partial charge on any atom is 0.167 e. The fourth-order valence-electron chi connectivity index (χ4n) is 6.23. The van der Waals surface area contributed by atoms with Crippen LogP contribution in [0.25, 0.3) is 0 Å². The SMILES string of the molecule is CC1=CC(=O)CC(C)(C)C1=O.CC1=CC=CC(C)(C)C1=O.CC1CC(O)CC(C)(C)C1=O.CC1CCCC(C)(C)C1=O. The van der Waals surface area contributed by atoms with Gasteiger partial charge in [0.15, 0.2) is 17.3 Å². The maximum atomic E-state index is 11.5. The number of carbonyl (C=O) groups excluding carboxylic acids is 5. The number of rotatable bonds is 0. The largest absolute Gasteiger partial charge is 0.393 e. The van der Waals surface area contributed by atoms with Crippen molar-refractivity contribution in [2.45, 2.75) is 128 Å². The molecule has 6 heteroatoms. The molecule has 0 aliphatic heterocycles. The van der Waals surface area contributed by atoms with E-state index in [1.165, 1.54) is 12.5 Å². The average molecular weight is 585 g/mol. The molecule has 3 atom stereocenters.